The van der Waals surface area contributed by atoms with Crippen molar-refractivity contribution >= 4 is 6.16 Å². The van der Waals surface area contributed by atoms with Crippen LogP contribution in [0.15, 0.2) is 103 Å². The van der Waals surface area contributed by atoms with Crippen LogP contribution in [0.1, 0.15) is 16.7 Å². The lowest BCUT2D eigenvalue weighted by Gasteiger charge is -2.42. The van der Waals surface area contributed by atoms with Crippen LogP contribution in [-0.4, -0.2) is 73.5 Å². The van der Waals surface area contributed by atoms with E-state index in [1.165, 1.54) is 0 Å². The van der Waals surface area contributed by atoms with Crippen molar-refractivity contribution in [2.24, 2.45) is 0 Å². The lowest BCUT2D eigenvalue weighted by atomic mass is 9.98. The molecule has 0 saturated carbocycles. The van der Waals surface area contributed by atoms with Gasteiger partial charge in [0.15, 0.2) is 24.6 Å². The first-order chi connectivity index (χ1) is 21.6. The predicted octanol–water partition coefficient (Wildman–Crippen LogP) is 4.29. The minimum absolute atomic E-state index is 0.0813. The second-order valence-corrected chi connectivity index (χ2v) is 10.8. The lowest BCUT2D eigenvalue weighted by molar-refractivity contribution is -0.314. The van der Waals surface area contributed by atoms with Crippen molar-refractivity contribution in [3.8, 4) is 0 Å². The number of carbonyl (C=O) groups is 1. The molecule has 0 bridgehead atoms. The number of carbonyl (C=O) groups excluding carboxylic acids is 1. The minimum Gasteiger partial charge on any atom is -0.493 e. The predicted molar refractivity (Wildman–Crippen MR) is 156 cm³/mol. The van der Waals surface area contributed by atoms with E-state index in [1.54, 1.807) is 12.3 Å². The van der Waals surface area contributed by atoms with Crippen LogP contribution in [0.5, 0.6) is 0 Å². The Balaban J connectivity index is 1.16. The van der Waals surface area contributed by atoms with Gasteiger partial charge in [0, 0.05) is 0 Å². The number of fused-ring (bicyclic) bond motifs is 1. The van der Waals surface area contributed by atoms with Crippen molar-refractivity contribution in [1.29, 1.82) is 0 Å². The highest BCUT2D eigenvalue weighted by Crippen LogP contribution is 2.34. The maximum absolute atomic E-state index is 12.1. The smallest absolute Gasteiger partial charge is 0.493 e. The molecule has 0 aliphatic carbocycles. The van der Waals surface area contributed by atoms with E-state index in [1.807, 2.05) is 91.0 Å². The van der Waals surface area contributed by atoms with Crippen LogP contribution < -0.4 is 0 Å². The normalized spacial score (nSPS) is 29.3. The molecule has 0 aromatic heterocycles. The Morgan fingerprint density at radius 3 is 1.84 bits per heavy atom. The molecule has 6 rings (SSSR count). The summed E-state index contributed by atoms with van der Waals surface area (Å²) in [6, 6.07) is 29.3. The van der Waals surface area contributed by atoms with E-state index in [0.29, 0.717) is 19.8 Å². The Kier molecular flexibility index (Phi) is 10.2. The Hall–Kier alpha value is -3.77. The van der Waals surface area contributed by atoms with Crippen LogP contribution in [0.4, 0.5) is 4.79 Å². The standard InChI is InChI=1S/C34H36O10/c35-29-32-31(43-34(36)44-32)28(22-38-19-24-12-6-2-7-13-24)41-33(29)42-30-26(40-20-25-14-8-3-9-15-25)16-17-39-27(30)21-37-18-23-10-4-1-5-11-23/h1-17,26-33,35H,18-22H2/t26-,27?,28?,29-,30-,31-,32+,33?/m0/s1. The van der Waals surface area contributed by atoms with Crippen LogP contribution in [-0.2, 0) is 57.7 Å². The summed E-state index contributed by atoms with van der Waals surface area (Å²) in [7, 11) is 0. The molecule has 3 aromatic carbocycles. The Bertz CT molecular complexity index is 1340. The van der Waals surface area contributed by atoms with Crippen LogP contribution in [0.2, 0.25) is 0 Å². The van der Waals surface area contributed by atoms with Gasteiger partial charge in [0.05, 0.1) is 39.3 Å². The van der Waals surface area contributed by atoms with Crippen molar-refractivity contribution in [2.75, 3.05) is 13.2 Å². The molecule has 44 heavy (non-hydrogen) atoms. The SMILES string of the molecule is O=C1O[C@@H]2[C@H](O)C(O[C@@H]3C(COCc4ccccc4)OC=C[C@@H]3OCc3ccccc3)OC(COCc3ccccc3)[C@@H]2O1. The van der Waals surface area contributed by atoms with Gasteiger partial charge in [-0.1, -0.05) is 91.0 Å². The summed E-state index contributed by atoms with van der Waals surface area (Å²) in [6.07, 6.45) is -4.55. The van der Waals surface area contributed by atoms with Crippen molar-refractivity contribution in [2.45, 2.75) is 68.8 Å². The number of aliphatic hydroxyl groups is 1. The first-order valence-electron chi connectivity index (χ1n) is 14.7. The molecule has 0 amide bonds. The highest BCUT2D eigenvalue weighted by Gasteiger charge is 2.55. The fourth-order valence-electron chi connectivity index (χ4n) is 5.40. The molecular weight excluding hydrogens is 568 g/mol. The van der Waals surface area contributed by atoms with E-state index in [4.69, 9.17) is 37.9 Å². The monoisotopic (exact) mass is 604 g/mol. The van der Waals surface area contributed by atoms with Crippen LogP contribution in [0.3, 0.4) is 0 Å². The number of benzene rings is 3. The third kappa shape index (κ3) is 7.65. The highest BCUT2D eigenvalue weighted by molar-refractivity contribution is 5.63. The van der Waals surface area contributed by atoms with Gasteiger partial charge in [-0.25, -0.2) is 4.79 Å². The van der Waals surface area contributed by atoms with Gasteiger partial charge in [0.1, 0.15) is 24.4 Å². The van der Waals surface area contributed by atoms with Gasteiger partial charge < -0.3 is 43.0 Å². The molecule has 3 unspecified atom stereocenters. The fourth-order valence-corrected chi connectivity index (χ4v) is 5.40. The highest BCUT2D eigenvalue weighted by atomic mass is 16.8. The van der Waals surface area contributed by atoms with Crippen LogP contribution >= 0.6 is 0 Å². The lowest BCUT2D eigenvalue weighted by Crippen LogP contribution is -2.60. The summed E-state index contributed by atoms with van der Waals surface area (Å²) >= 11 is 0. The van der Waals surface area contributed by atoms with E-state index in [0.717, 1.165) is 16.7 Å². The second-order valence-electron chi connectivity index (χ2n) is 10.8. The van der Waals surface area contributed by atoms with E-state index in [9.17, 15) is 9.90 Å². The Morgan fingerprint density at radius 1 is 0.682 bits per heavy atom. The summed E-state index contributed by atoms with van der Waals surface area (Å²) in [5.74, 6) is 0. The summed E-state index contributed by atoms with van der Waals surface area (Å²) < 4.78 is 47.5. The van der Waals surface area contributed by atoms with Gasteiger partial charge in [-0.2, -0.15) is 0 Å². The van der Waals surface area contributed by atoms with Crippen molar-refractivity contribution in [3.05, 3.63) is 120 Å². The Labute approximate surface area is 256 Å². The molecule has 0 spiro atoms. The number of rotatable bonds is 13. The summed E-state index contributed by atoms with van der Waals surface area (Å²) in [5, 5.41) is 11.2. The number of ether oxygens (including phenoxy) is 8. The number of hydrogen-bond acceptors (Lipinski definition) is 10. The molecule has 8 atom stereocenters. The summed E-state index contributed by atoms with van der Waals surface area (Å²) in [4.78, 5) is 12.1. The molecule has 2 fully saturated rings. The zero-order valence-electron chi connectivity index (χ0n) is 24.1. The zero-order chi connectivity index (χ0) is 30.1. The maximum Gasteiger partial charge on any atom is 0.509 e. The molecule has 1 N–H and O–H groups in total. The molecule has 3 aromatic rings. The molecule has 232 valence electrons. The van der Waals surface area contributed by atoms with Gasteiger partial charge >= 0.3 is 6.16 Å². The fraction of sp³-hybridized carbons (Fsp3) is 0.382. The molecule has 10 nitrogen and oxygen atoms in total. The molecule has 10 heteroatoms. The van der Waals surface area contributed by atoms with Gasteiger partial charge in [-0.15, -0.1) is 0 Å². The van der Waals surface area contributed by atoms with E-state index < -0.39 is 55.2 Å². The molecular formula is C34H36O10. The average Bonchev–Trinajstić information content (AvgIpc) is 3.46. The molecule has 3 heterocycles. The molecule has 3 aliphatic heterocycles. The van der Waals surface area contributed by atoms with E-state index in [-0.39, 0.29) is 13.2 Å². The van der Waals surface area contributed by atoms with Crippen LogP contribution in [0, 0.1) is 0 Å². The van der Waals surface area contributed by atoms with Gasteiger partial charge in [0.2, 0.25) is 0 Å². The third-order valence-corrected chi connectivity index (χ3v) is 7.65. The summed E-state index contributed by atoms with van der Waals surface area (Å²) in [5.41, 5.74) is 2.99. The first-order valence-corrected chi connectivity index (χ1v) is 14.7. The zero-order valence-corrected chi connectivity index (χ0v) is 24.1. The number of aliphatic hydroxyl groups excluding tert-OH is 1. The summed E-state index contributed by atoms with van der Waals surface area (Å²) in [6.45, 7) is 1.31. The van der Waals surface area contributed by atoms with Crippen LogP contribution in [0.25, 0.3) is 0 Å². The Morgan fingerprint density at radius 2 is 1.23 bits per heavy atom. The van der Waals surface area contributed by atoms with Gasteiger partial charge in [-0.3, -0.25) is 0 Å². The average molecular weight is 605 g/mol. The molecule has 0 radical (unpaired) electrons. The van der Waals surface area contributed by atoms with Crippen molar-refractivity contribution in [3.63, 3.8) is 0 Å². The number of hydrogen-bond donors (Lipinski definition) is 1. The third-order valence-electron chi connectivity index (χ3n) is 7.65. The van der Waals surface area contributed by atoms with Gasteiger partial charge in [-0.05, 0) is 22.8 Å². The van der Waals surface area contributed by atoms with E-state index >= 15 is 0 Å². The largest absolute Gasteiger partial charge is 0.509 e. The quantitative estimate of drug-likeness (QED) is 0.284. The first kappa shape index (κ1) is 30.3. The molecule has 2 saturated heterocycles. The van der Waals surface area contributed by atoms with E-state index in [2.05, 4.69) is 0 Å². The molecule has 3 aliphatic rings. The maximum atomic E-state index is 12.1. The topological polar surface area (TPSA) is 111 Å². The van der Waals surface area contributed by atoms with Crippen molar-refractivity contribution < 1.29 is 47.8 Å². The minimum atomic E-state index is -1.33. The second kappa shape index (κ2) is 14.8. The van der Waals surface area contributed by atoms with Gasteiger partial charge in [0.25, 0.3) is 0 Å². The van der Waals surface area contributed by atoms with Crippen molar-refractivity contribution in [1.82, 2.24) is 0 Å².